The van der Waals surface area contributed by atoms with Gasteiger partial charge in [0.15, 0.2) is 5.78 Å². The van der Waals surface area contributed by atoms with Crippen molar-refractivity contribution in [3.05, 3.63) is 65.2 Å². The summed E-state index contributed by atoms with van der Waals surface area (Å²) < 4.78 is 0. The molecule has 27 heavy (non-hydrogen) atoms. The monoisotopic (exact) mass is 363 g/mol. The van der Waals surface area contributed by atoms with Crippen molar-refractivity contribution in [2.45, 2.75) is 32.4 Å². The van der Waals surface area contributed by atoms with Gasteiger partial charge in [0.25, 0.3) is 0 Å². The average molecular weight is 364 g/mol. The summed E-state index contributed by atoms with van der Waals surface area (Å²) in [6.45, 7) is 9.77. The van der Waals surface area contributed by atoms with E-state index in [1.807, 2.05) is 12.1 Å². The molecule has 1 N–H and O–H groups in total. The first-order valence-corrected chi connectivity index (χ1v) is 9.98. The number of piperazine rings is 1. The van der Waals surface area contributed by atoms with Crippen LogP contribution in [0.3, 0.4) is 0 Å². The third-order valence-electron chi connectivity index (χ3n) is 5.90. The molecule has 1 fully saturated rings. The van der Waals surface area contributed by atoms with E-state index in [9.17, 15) is 4.79 Å². The number of nitrogens with zero attached hydrogens (tertiary/aromatic N) is 2. The number of para-hydroxylation sites is 1. The molecule has 0 saturated carbocycles. The molecule has 4 nitrogen and oxygen atoms in total. The van der Waals surface area contributed by atoms with E-state index in [1.165, 1.54) is 11.1 Å². The summed E-state index contributed by atoms with van der Waals surface area (Å²) in [4.78, 5) is 17.8. The zero-order valence-electron chi connectivity index (χ0n) is 16.3. The molecule has 0 amide bonds. The van der Waals surface area contributed by atoms with E-state index >= 15 is 0 Å². The molecule has 0 radical (unpaired) electrons. The first-order chi connectivity index (χ1) is 13.1. The highest BCUT2D eigenvalue weighted by Crippen LogP contribution is 2.36. The van der Waals surface area contributed by atoms with Gasteiger partial charge in [-0.2, -0.15) is 0 Å². The second-order valence-corrected chi connectivity index (χ2v) is 8.00. The van der Waals surface area contributed by atoms with Crippen molar-refractivity contribution in [3.8, 4) is 0 Å². The van der Waals surface area contributed by atoms with E-state index in [-0.39, 0.29) is 12.0 Å². The molecule has 4 heteroatoms. The van der Waals surface area contributed by atoms with Crippen molar-refractivity contribution in [2.75, 3.05) is 38.0 Å². The van der Waals surface area contributed by atoms with E-state index in [2.05, 4.69) is 65.4 Å². The Morgan fingerprint density at radius 3 is 2.41 bits per heavy atom. The summed E-state index contributed by atoms with van der Waals surface area (Å²) in [5.41, 5.74) is 4.95. The number of Topliss-reactive ketones (excluding diaryl/α,β-unsaturated/α-hetero) is 1. The fourth-order valence-electron chi connectivity index (χ4n) is 4.33. The lowest BCUT2D eigenvalue weighted by Gasteiger charge is -2.35. The summed E-state index contributed by atoms with van der Waals surface area (Å²) in [5.74, 6) is 0.318. The number of aryl methyl sites for hydroxylation is 1. The number of carbonyl (C=O) groups is 1. The molecule has 2 heterocycles. The van der Waals surface area contributed by atoms with E-state index < -0.39 is 0 Å². The molecule has 2 aromatic carbocycles. The first-order valence-electron chi connectivity index (χ1n) is 9.98. The Morgan fingerprint density at radius 1 is 1.00 bits per heavy atom. The van der Waals surface area contributed by atoms with Gasteiger partial charge in [0.05, 0.1) is 12.5 Å². The summed E-state index contributed by atoms with van der Waals surface area (Å²) in [7, 11) is 0. The molecule has 4 rings (SSSR count). The second-order valence-electron chi connectivity index (χ2n) is 8.00. The van der Waals surface area contributed by atoms with Gasteiger partial charge in [0, 0.05) is 44.5 Å². The number of fused-ring (bicyclic) bond motifs is 1. The SMILES string of the molecule is Cc1ccc(CN2CCN(CC(=O)C3c4ccccc4NC3C)CC2)cc1. The second kappa shape index (κ2) is 7.83. The number of ketones is 1. The summed E-state index contributed by atoms with van der Waals surface area (Å²) >= 11 is 0. The van der Waals surface area contributed by atoms with Crippen LogP contribution in [0.1, 0.15) is 29.5 Å². The minimum atomic E-state index is -0.0215. The van der Waals surface area contributed by atoms with E-state index in [1.54, 1.807) is 0 Å². The molecule has 2 unspecified atom stereocenters. The molecule has 0 aliphatic carbocycles. The molecule has 2 aromatic rings. The molecule has 142 valence electrons. The standard InChI is InChI=1S/C23H29N3O/c1-17-7-9-19(10-8-17)15-25-11-13-26(14-12-25)16-22(27)23-18(2)24-21-6-4-3-5-20(21)23/h3-10,18,23-24H,11-16H2,1-2H3. The number of hydrogen-bond acceptors (Lipinski definition) is 4. The van der Waals surface area contributed by atoms with Gasteiger partial charge in [-0.05, 0) is 31.0 Å². The van der Waals surface area contributed by atoms with Gasteiger partial charge < -0.3 is 5.32 Å². The topological polar surface area (TPSA) is 35.6 Å². The van der Waals surface area contributed by atoms with Crippen LogP contribution in [0.4, 0.5) is 5.69 Å². The van der Waals surface area contributed by atoms with Crippen LogP contribution in [0.15, 0.2) is 48.5 Å². The number of rotatable bonds is 5. The Hall–Kier alpha value is -2.17. The Labute approximate surface area is 162 Å². The number of carbonyl (C=O) groups excluding carboxylic acids is 1. The van der Waals surface area contributed by atoms with Crippen molar-refractivity contribution < 1.29 is 4.79 Å². The highest BCUT2D eigenvalue weighted by molar-refractivity contribution is 5.92. The van der Waals surface area contributed by atoms with E-state index in [0.717, 1.165) is 44.0 Å². The number of nitrogens with one attached hydrogen (secondary N) is 1. The maximum atomic E-state index is 13.0. The van der Waals surface area contributed by atoms with Gasteiger partial charge in [-0.25, -0.2) is 0 Å². The van der Waals surface area contributed by atoms with Crippen LogP contribution < -0.4 is 5.32 Å². The molecule has 2 atom stereocenters. The Kier molecular flexibility index (Phi) is 5.28. The number of anilines is 1. The smallest absolute Gasteiger partial charge is 0.156 e. The van der Waals surface area contributed by atoms with Crippen molar-refractivity contribution in [2.24, 2.45) is 0 Å². The minimum absolute atomic E-state index is 0.0215. The lowest BCUT2D eigenvalue weighted by molar-refractivity contribution is -0.122. The molecule has 0 spiro atoms. The van der Waals surface area contributed by atoms with Gasteiger partial charge >= 0.3 is 0 Å². The maximum Gasteiger partial charge on any atom is 0.156 e. The lowest BCUT2D eigenvalue weighted by atomic mass is 9.91. The van der Waals surface area contributed by atoms with Crippen LogP contribution in [0, 0.1) is 6.92 Å². The quantitative estimate of drug-likeness (QED) is 0.884. The van der Waals surface area contributed by atoms with Crippen LogP contribution in [0.5, 0.6) is 0 Å². The fraction of sp³-hybridized carbons (Fsp3) is 0.435. The van der Waals surface area contributed by atoms with Crippen LogP contribution >= 0.6 is 0 Å². The van der Waals surface area contributed by atoms with Crippen molar-refractivity contribution in [3.63, 3.8) is 0 Å². The highest BCUT2D eigenvalue weighted by atomic mass is 16.1. The first kappa shape index (κ1) is 18.2. The van der Waals surface area contributed by atoms with Gasteiger partial charge in [0.2, 0.25) is 0 Å². The fourth-order valence-corrected chi connectivity index (χ4v) is 4.33. The zero-order chi connectivity index (χ0) is 18.8. The number of benzene rings is 2. The Balaban J connectivity index is 1.30. The van der Waals surface area contributed by atoms with Gasteiger partial charge in [-0.15, -0.1) is 0 Å². The molecular formula is C23H29N3O. The van der Waals surface area contributed by atoms with Gasteiger partial charge in [-0.1, -0.05) is 48.0 Å². The Bertz CT molecular complexity index is 794. The molecule has 0 bridgehead atoms. The largest absolute Gasteiger partial charge is 0.381 e. The predicted molar refractivity (Wildman–Crippen MR) is 110 cm³/mol. The molecule has 0 aromatic heterocycles. The van der Waals surface area contributed by atoms with E-state index in [4.69, 9.17) is 0 Å². The molecular weight excluding hydrogens is 334 g/mol. The van der Waals surface area contributed by atoms with Crippen LogP contribution in [-0.4, -0.2) is 54.3 Å². The van der Waals surface area contributed by atoms with Crippen LogP contribution in [0.25, 0.3) is 0 Å². The molecule has 2 aliphatic rings. The van der Waals surface area contributed by atoms with Gasteiger partial charge in [-0.3, -0.25) is 14.6 Å². The van der Waals surface area contributed by atoms with Crippen molar-refractivity contribution in [1.82, 2.24) is 9.80 Å². The highest BCUT2D eigenvalue weighted by Gasteiger charge is 2.35. The maximum absolute atomic E-state index is 13.0. The zero-order valence-corrected chi connectivity index (χ0v) is 16.3. The molecule has 2 aliphatic heterocycles. The third-order valence-corrected chi connectivity index (χ3v) is 5.90. The van der Waals surface area contributed by atoms with Gasteiger partial charge in [0.1, 0.15) is 0 Å². The van der Waals surface area contributed by atoms with Crippen molar-refractivity contribution >= 4 is 11.5 Å². The van der Waals surface area contributed by atoms with Crippen LogP contribution in [-0.2, 0) is 11.3 Å². The summed E-state index contributed by atoms with van der Waals surface area (Å²) in [6, 6.07) is 17.2. The summed E-state index contributed by atoms with van der Waals surface area (Å²) in [5, 5.41) is 3.46. The average Bonchev–Trinajstić information content (AvgIpc) is 3.01. The number of hydrogen-bond donors (Lipinski definition) is 1. The van der Waals surface area contributed by atoms with E-state index in [0.29, 0.717) is 12.3 Å². The predicted octanol–water partition coefficient (Wildman–Crippen LogP) is 3.28. The normalized spacial score (nSPS) is 23.0. The summed E-state index contributed by atoms with van der Waals surface area (Å²) in [6.07, 6.45) is 0. The lowest BCUT2D eigenvalue weighted by Crippen LogP contribution is -2.48. The third kappa shape index (κ3) is 4.07. The molecule has 1 saturated heterocycles. The Morgan fingerprint density at radius 2 is 1.67 bits per heavy atom. The minimum Gasteiger partial charge on any atom is -0.381 e. The van der Waals surface area contributed by atoms with Crippen LogP contribution in [0.2, 0.25) is 0 Å². The van der Waals surface area contributed by atoms with Crippen molar-refractivity contribution in [1.29, 1.82) is 0 Å².